The number of hydrogen-bond donors (Lipinski definition) is 0. The molecule has 1 heterocycles. The zero-order valence-electron chi connectivity index (χ0n) is 15.6. The Morgan fingerprint density at radius 1 is 1.15 bits per heavy atom. The van der Waals surface area contributed by atoms with E-state index in [1.807, 2.05) is 32.9 Å². The predicted octanol–water partition coefficient (Wildman–Crippen LogP) is 5.07. The number of esters is 1. The summed E-state index contributed by atoms with van der Waals surface area (Å²) in [5.41, 5.74) is 1.11. The first-order chi connectivity index (χ1) is 12.1. The summed E-state index contributed by atoms with van der Waals surface area (Å²) in [7, 11) is 1.37. The van der Waals surface area contributed by atoms with E-state index in [-0.39, 0.29) is 21.2 Å². The van der Waals surface area contributed by atoms with Crippen LogP contribution in [0, 0.1) is 0 Å². The maximum absolute atomic E-state index is 12.2. The van der Waals surface area contributed by atoms with Gasteiger partial charge in [-0.2, -0.15) is 0 Å². The molecule has 0 aliphatic carbocycles. The first-order valence-corrected chi connectivity index (χ1v) is 10.3. The van der Waals surface area contributed by atoms with Gasteiger partial charge in [-0.25, -0.2) is 9.59 Å². The fourth-order valence-corrected chi connectivity index (χ4v) is 4.23. The number of nitrogens with zero attached hydrogens (tertiary/aromatic N) is 1. The summed E-state index contributed by atoms with van der Waals surface area (Å²) in [4.78, 5) is 25.6. The van der Waals surface area contributed by atoms with E-state index in [1.165, 1.54) is 7.11 Å². The first-order valence-electron chi connectivity index (χ1n) is 8.55. The van der Waals surface area contributed by atoms with E-state index in [9.17, 15) is 9.59 Å². The number of methoxy groups -OCH3 is 1. The van der Waals surface area contributed by atoms with Crippen molar-refractivity contribution in [3.05, 3.63) is 35.4 Å². The number of benzene rings is 1. The van der Waals surface area contributed by atoms with E-state index >= 15 is 0 Å². The van der Waals surface area contributed by atoms with Crippen LogP contribution in [-0.2, 0) is 9.47 Å². The molecule has 1 unspecified atom stereocenters. The highest BCUT2D eigenvalue weighted by molar-refractivity contribution is 9.12. The molecule has 0 bridgehead atoms. The van der Waals surface area contributed by atoms with Crippen molar-refractivity contribution < 1.29 is 19.1 Å². The van der Waals surface area contributed by atoms with Crippen molar-refractivity contribution in [1.29, 1.82) is 0 Å². The van der Waals surface area contributed by atoms with E-state index in [4.69, 9.17) is 9.47 Å². The molecule has 0 N–H and O–H groups in total. The van der Waals surface area contributed by atoms with Gasteiger partial charge in [-0.05, 0) is 51.3 Å². The Morgan fingerprint density at radius 2 is 1.69 bits per heavy atom. The predicted molar refractivity (Wildman–Crippen MR) is 108 cm³/mol. The number of amides is 1. The summed E-state index contributed by atoms with van der Waals surface area (Å²) in [5.74, 6) is -0.345. The minimum Gasteiger partial charge on any atom is -0.465 e. The molecule has 0 spiro atoms. The van der Waals surface area contributed by atoms with Crippen LogP contribution in [0.3, 0.4) is 0 Å². The zero-order chi connectivity index (χ0) is 19.5. The Kier molecular flexibility index (Phi) is 6.77. The van der Waals surface area contributed by atoms with Crippen molar-refractivity contribution in [3.8, 4) is 0 Å². The van der Waals surface area contributed by atoms with Crippen LogP contribution in [0.4, 0.5) is 4.79 Å². The van der Waals surface area contributed by atoms with Crippen LogP contribution in [-0.4, -0.2) is 47.1 Å². The molecule has 1 amide bonds. The minimum absolute atomic E-state index is 0.0579. The van der Waals surface area contributed by atoms with E-state index < -0.39 is 5.60 Å². The van der Waals surface area contributed by atoms with Crippen molar-refractivity contribution in [1.82, 2.24) is 4.90 Å². The summed E-state index contributed by atoms with van der Waals surface area (Å²) in [6, 6.07) is 7.38. The number of carbonyl (C=O) groups is 2. The Bertz CT molecular complexity index is 646. The molecule has 1 fully saturated rings. The Balaban J connectivity index is 2.01. The number of likely N-dealkylation sites (tertiary alicyclic amines) is 1. The smallest absolute Gasteiger partial charge is 0.410 e. The van der Waals surface area contributed by atoms with Gasteiger partial charge in [0.25, 0.3) is 0 Å². The Morgan fingerprint density at radius 3 is 2.15 bits per heavy atom. The highest BCUT2D eigenvalue weighted by Crippen LogP contribution is 2.47. The van der Waals surface area contributed by atoms with Crippen molar-refractivity contribution in [2.45, 2.75) is 48.4 Å². The second kappa shape index (κ2) is 8.30. The van der Waals surface area contributed by atoms with Gasteiger partial charge < -0.3 is 14.4 Å². The molecule has 1 aromatic carbocycles. The van der Waals surface area contributed by atoms with Gasteiger partial charge in [0.2, 0.25) is 0 Å². The molecule has 2 rings (SSSR count). The minimum atomic E-state index is -0.487. The third-order valence-electron chi connectivity index (χ3n) is 4.33. The molecule has 1 aliphatic rings. The van der Waals surface area contributed by atoms with Crippen molar-refractivity contribution in [2.75, 3.05) is 20.2 Å². The van der Waals surface area contributed by atoms with E-state index in [2.05, 4.69) is 31.9 Å². The SMILES string of the molecule is COC(=O)c1ccc(C(Br)C2(Br)CCN(C(=O)OC(C)(C)C)CC2)cc1. The lowest BCUT2D eigenvalue weighted by Gasteiger charge is -2.41. The molecule has 144 valence electrons. The fraction of sp³-hybridized carbons (Fsp3) is 0.579. The summed E-state index contributed by atoms with van der Waals surface area (Å²) >= 11 is 7.67. The molecular weight excluding hydrogens is 466 g/mol. The van der Waals surface area contributed by atoms with E-state index in [0.29, 0.717) is 18.7 Å². The summed E-state index contributed by atoms with van der Waals surface area (Å²) < 4.78 is 10.0. The number of rotatable bonds is 3. The van der Waals surface area contributed by atoms with Crippen molar-refractivity contribution in [2.24, 2.45) is 0 Å². The Labute approximate surface area is 171 Å². The van der Waals surface area contributed by atoms with Gasteiger partial charge in [-0.3, -0.25) is 0 Å². The van der Waals surface area contributed by atoms with Gasteiger partial charge >= 0.3 is 12.1 Å². The van der Waals surface area contributed by atoms with Gasteiger partial charge in [0.1, 0.15) is 5.60 Å². The van der Waals surface area contributed by atoms with Gasteiger partial charge in [-0.15, -0.1) is 0 Å². The fourth-order valence-electron chi connectivity index (χ4n) is 2.85. The topological polar surface area (TPSA) is 55.8 Å². The average Bonchev–Trinajstić information content (AvgIpc) is 2.59. The second-order valence-corrected chi connectivity index (χ2v) is 9.97. The lowest BCUT2D eigenvalue weighted by atomic mass is 9.89. The molecular formula is C19H25Br2NO4. The highest BCUT2D eigenvalue weighted by atomic mass is 79.9. The largest absolute Gasteiger partial charge is 0.465 e. The molecule has 1 aliphatic heterocycles. The first kappa shape index (κ1) is 21.2. The third-order valence-corrected chi connectivity index (χ3v) is 7.60. The Hall–Kier alpha value is -1.08. The lowest BCUT2D eigenvalue weighted by molar-refractivity contribution is 0.0198. The number of hydrogen-bond acceptors (Lipinski definition) is 4. The van der Waals surface area contributed by atoms with E-state index in [1.54, 1.807) is 17.0 Å². The summed E-state index contributed by atoms with van der Waals surface area (Å²) in [5, 5.41) is 0. The number of halogens is 2. The number of piperidine rings is 1. The van der Waals surface area contributed by atoms with Crippen molar-refractivity contribution >= 4 is 43.9 Å². The standard InChI is InChI=1S/C19H25Br2NO4/c1-18(2,3)26-17(24)22-11-9-19(21,10-12-22)15(20)13-5-7-14(8-6-13)16(23)25-4/h5-8,15H,9-12H2,1-4H3. The number of carbonyl (C=O) groups excluding carboxylic acids is 2. The van der Waals surface area contributed by atoms with Crippen LogP contribution >= 0.6 is 31.9 Å². The molecule has 0 radical (unpaired) electrons. The molecule has 5 nitrogen and oxygen atoms in total. The zero-order valence-corrected chi connectivity index (χ0v) is 18.7. The molecule has 7 heteroatoms. The van der Waals surface area contributed by atoms with Crippen LogP contribution in [0.15, 0.2) is 24.3 Å². The third kappa shape index (κ3) is 5.22. The molecule has 0 aromatic heterocycles. The average molecular weight is 491 g/mol. The number of alkyl halides is 2. The lowest BCUT2D eigenvalue weighted by Crippen LogP contribution is -2.47. The van der Waals surface area contributed by atoms with Gasteiger partial charge in [0.05, 0.1) is 17.5 Å². The van der Waals surface area contributed by atoms with Crippen LogP contribution in [0.1, 0.15) is 54.4 Å². The van der Waals surface area contributed by atoms with Crippen LogP contribution in [0.5, 0.6) is 0 Å². The maximum atomic E-state index is 12.2. The summed E-state index contributed by atoms with van der Waals surface area (Å²) in [6.07, 6.45) is 1.32. The molecule has 1 atom stereocenters. The second-order valence-electron chi connectivity index (χ2n) is 7.48. The van der Waals surface area contributed by atoms with Crippen LogP contribution in [0.2, 0.25) is 0 Å². The van der Waals surface area contributed by atoms with Gasteiger partial charge in [0.15, 0.2) is 0 Å². The van der Waals surface area contributed by atoms with Crippen LogP contribution in [0.25, 0.3) is 0 Å². The monoisotopic (exact) mass is 489 g/mol. The molecule has 26 heavy (non-hydrogen) atoms. The van der Waals surface area contributed by atoms with Crippen LogP contribution < -0.4 is 0 Å². The van der Waals surface area contributed by atoms with Gasteiger partial charge in [-0.1, -0.05) is 44.0 Å². The quantitative estimate of drug-likeness (QED) is 0.438. The molecule has 0 saturated carbocycles. The number of ether oxygens (including phenoxy) is 2. The van der Waals surface area contributed by atoms with E-state index in [0.717, 1.165) is 18.4 Å². The maximum Gasteiger partial charge on any atom is 0.410 e. The van der Waals surface area contributed by atoms with Crippen molar-refractivity contribution in [3.63, 3.8) is 0 Å². The molecule has 1 aromatic rings. The molecule has 1 saturated heterocycles. The normalized spacial score (nSPS) is 18.2. The highest BCUT2D eigenvalue weighted by Gasteiger charge is 2.40. The van der Waals surface area contributed by atoms with Gasteiger partial charge in [0, 0.05) is 17.4 Å². The summed E-state index contributed by atoms with van der Waals surface area (Å²) in [6.45, 7) is 6.87.